The third-order valence-corrected chi connectivity index (χ3v) is 4.43. The fraction of sp³-hybridized carbons (Fsp3) is 0.435. The summed E-state index contributed by atoms with van der Waals surface area (Å²) in [7, 11) is 0. The lowest BCUT2D eigenvalue weighted by Crippen LogP contribution is -2.36. The maximum atomic E-state index is 12.2. The van der Waals surface area contributed by atoms with Crippen molar-refractivity contribution >= 4 is 5.91 Å². The first kappa shape index (κ1) is 20.0. The van der Waals surface area contributed by atoms with Crippen molar-refractivity contribution in [3.63, 3.8) is 0 Å². The summed E-state index contributed by atoms with van der Waals surface area (Å²) in [4.78, 5) is 12.2. The summed E-state index contributed by atoms with van der Waals surface area (Å²) in [6, 6.07) is 16.5. The Hall–Kier alpha value is -2.29. The Morgan fingerprint density at radius 3 is 2.42 bits per heavy atom. The van der Waals surface area contributed by atoms with Gasteiger partial charge in [0.15, 0.2) is 6.10 Å². The second kappa shape index (κ2) is 8.88. The van der Waals surface area contributed by atoms with Crippen molar-refractivity contribution in [1.82, 2.24) is 5.32 Å². The van der Waals surface area contributed by atoms with Gasteiger partial charge in [0.1, 0.15) is 5.75 Å². The van der Waals surface area contributed by atoms with Gasteiger partial charge in [-0.15, -0.1) is 0 Å². The predicted molar refractivity (Wildman–Crippen MR) is 108 cm³/mol. The van der Waals surface area contributed by atoms with Crippen LogP contribution in [0.3, 0.4) is 0 Å². The van der Waals surface area contributed by atoms with Gasteiger partial charge in [-0.25, -0.2) is 0 Å². The number of carbonyl (C=O) groups is 1. The van der Waals surface area contributed by atoms with E-state index in [1.807, 2.05) is 12.1 Å². The lowest BCUT2D eigenvalue weighted by Gasteiger charge is -2.20. The molecule has 2 rings (SSSR count). The summed E-state index contributed by atoms with van der Waals surface area (Å²) in [5.41, 5.74) is 3.94. The summed E-state index contributed by atoms with van der Waals surface area (Å²) in [5.74, 6) is 0.648. The van der Waals surface area contributed by atoms with Gasteiger partial charge in [0.2, 0.25) is 0 Å². The van der Waals surface area contributed by atoms with E-state index in [1.54, 1.807) is 6.92 Å². The van der Waals surface area contributed by atoms with Crippen LogP contribution in [-0.2, 0) is 16.6 Å². The largest absolute Gasteiger partial charge is 0.481 e. The molecule has 0 aromatic heterocycles. The first-order valence-electron chi connectivity index (χ1n) is 9.36. The van der Waals surface area contributed by atoms with E-state index in [0.29, 0.717) is 6.54 Å². The van der Waals surface area contributed by atoms with Crippen LogP contribution in [0.4, 0.5) is 0 Å². The second-order valence-corrected chi connectivity index (χ2v) is 7.92. The number of hydrogen-bond acceptors (Lipinski definition) is 2. The fourth-order valence-corrected chi connectivity index (χ4v) is 2.81. The van der Waals surface area contributed by atoms with Gasteiger partial charge in [0, 0.05) is 6.54 Å². The summed E-state index contributed by atoms with van der Waals surface area (Å²) in [6.07, 6.45) is 1.38. The van der Waals surface area contributed by atoms with E-state index in [0.717, 1.165) is 18.6 Å². The molecule has 1 atom stereocenters. The Kier molecular flexibility index (Phi) is 6.84. The Morgan fingerprint density at radius 1 is 1.12 bits per heavy atom. The van der Waals surface area contributed by atoms with Crippen LogP contribution in [0.5, 0.6) is 5.75 Å². The number of nitrogens with one attached hydrogen (secondary N) is 1. The van der Waals surface area contributed by atoms with Gasteiger partial charge in [0.05, 0.1) is 0 Å². The number of ether oxygens (including phenoxy) is 1. The Labute approximate surface area is 157 Å². The molecule has 26 heavy (non-hydrogen) atoms. The highest BCUT2D eigenvalue weighted by atomic mass is 16.5. The minimum Gasteiger partial charge on any atom is -0.481 e. The van der Waals surface area contributed by atoms with E-state index in [4.69, 9.17) is 4.74 Å². The van der Waals surface area contributed by atoms with Gasteiger partial charge in [-0.05, 0) is 55.4 Å². The van der Waals surface area contributed by atoms with E-state index in [2.05, 4.69) is 69.4 Å². The first-order valence-corrected chi connectivity index (χ1v) is 9.36. The number of amides is 1. The van der Waals surface area contributed by atoms with E-state index in [9.17, 15) is 4.79 Å². The summed E-state index contributed by atoms with van der Waals surface area (Å²) in [5, 5.41) is 2.96. The summed E-state index contributed by atoms with van der Waals surface area (Å²) < 4.78 is 5.76. The molecule has 0 radical (unpaired) electrons. The van der Waals surface area contributed by atoms with E-state index in [-0.39, 0.29) is 11.3 Å². The van der Waals surface area contributed by atoms with Crippen molar-refractivity contribution in [2.24, 2.45) is 0 Å². The molecule has 0 heterocycles. The zero-order chi connectivity index (χ0) is 19.2. The molecule has 0 unspecified atom stereocenters. The number of carbonyl (C=O) groups excluding carboxylic acids is 1. The molecular formula is C23H31NO2. The minimum atomic E-state index is -0.505. The molecule has 140 valence electrons. The van der Waals surface area contributed by atoms with Crippen LogP contribution in [0.15, 0.2) is 48.5 Å². The molecule has 1 amide bonds. The monoisotopic (exact) mass is 353 g/mol. The SMILES string of the molecule is Cc1cccc(CCCNC(=O)[C@H](C)Oc2ccc(C(C)(C)C)cc2)c1. The smallest absolute Gasteiger partial charge is 0.260 e. The molecule has 0 spiro atoms. The molecule has 2 aromatic rings. The number of rotatable bonds is 7. The Bertz CT molecular complexity index is 714. The third kappa shape index (κ3) is 6.21. The molecule has 0 aliphatic rings. The Balaban J connectivity index is 1.75. The molecule has 3 heteroatoms. The Morgan fingerprint density at radius 2 is 1.81 bits per heavy atom. The van der Waals surface area contributed by atoms with Crippen molar-refractivity contribution < 1.29 is 9.53 Å². The highest BCUT2D eigenvalue weighted by molar-refractivity contribution is 5.80. The lowest BCUT2D eigenvalue weighted by atomic mass is 9.87. The van der Waals surface area contributed by atoms with Crippen LogP contribution in [-0.4, -0.2) is 18.6 Å². The molecular weight excluding hydrogens is 322 g/mol. The van der Waals surface area contributed by atoms with E-state index in [1.165, 1.54) is 16.7 Å². The van der Waals surface area contributed by atoms with Crippen LogP contribution in [0.2, 0.25) is 0 Å². The molecule has 0 aliphatic carbocycles. The zero-order valence-electron chi connectivity index (χ0n) is 16.6. The van der Waals surface area contributed by atoms with Crippen molar-refractivity contribution in [2.45, 2.75) is 59.0 Å². The highest BCUT2D eigenvalue weighted by Crippen LogP contribution is 2.24. The van der Waals surface area contributed by atoms with Crippen LogP contribution in [0.25, 0.3) is 0 Å². The van der Waals surface area contributed by atoms with Crippen molar-refractivity contribution in [2.75, 3.05) is 6.54 Å². The fourth-order valence-electron chi connectivity index (χ4n) is 2.81. The standard InChI is InChI=1S/C23H31NO2/c1-17-8-6-9-19(16-17)10-7-15-24-22(25)18(2)26-21-13-11-20(12-14-21)23(3,4)5/h6,8-9,11-14,16,18H,7,10,15H2,1-5H3,(H,24,25)/t18-/m0/s1. The van der Waals surface area contributed by atoms with E-state index < -0.39 is 6.10 Å². The zero-order valence-corrected chi connectivity index (χ0v) is 16.6. The van der Waals surface area contributed by atoms with Crippen molar-refractivity contribution in [3.8, 4) is 5.75 Å². The molecule has 0 bridgehead atoms. The van der Waals surface area contributed by atoms with Gasteiger partial charge in [-0.2, -0.15) is 0 Å². The first-order chi connectivity index (χ1) is 12.3. The normalized spacial score (nSPS) is 12.5. The third-order valence-electron chi connectivity index (χ3n) is 4.43. The quantitative estimate of drug-likeness (QED) is 0.726. The topological polar surface area (TPSA) is 38.3 Å². The molecule has 0 saturated carbocycles. The predicted octanol–water partition coefficient (Wildman–Crippen LogP) is 4.81. The van der Waals surface area contributed by atoms with Gasteiger partial charge in [-0.1, -0.05) is 62.7 Å². The van der Waals surface area contributed by atoms with Gasteiger partial charge in [-0.3, -0.25) is 4.79 Å². The molecule has 3 nitrogen and oxygen atoms in total. The lowest BCUT2D eigenvalue weighted by molar-refractivity contribution is -0.127. The molecule has 0 aliphatic heterocycles. The van der Waals surface area contributed by atoms with E-state index >= 15 is 0 Å². The van der Waals surface area contributed by atoms with Crippen LogP contribution < -0.4 is 10.1 Å². The number of hydrogen-bond donors (Lipinski definition) is 1. The maximum Gasteiger partial charge on any atom is 0.260 e. The molecule has 2 aromatic carbocycles. The molecule has 1 N–H and O–H groups in total. The van der Waals surface area contributed by atoms with Crippen LogP contribution >= 0.6 is 0 Å². The van der Waals surface area contributed by atoms with Gasteiger partial charge < -0.3 is 10.1 Å². The maximum absolute atomic E-state index is 12.2. The van der Waals surface area contributed by atoms with Crippen LogP contribution in [0.1, 0.15) is 50.8 Å². The molecule has 0 fully saturated rings. The highest BCUT2D eigenvalue weighted by Gasteiger charge is 2.16. The van der Waals surface area contributed by atoms with Gasteiger partial charge >= 0.3 is 0 Å². The summed E-state index contributed by atoms with van der Waals surface area (Å²) >= 11 is 0. The van der Waals surface area contributed by atoms with Crippen LogP contribution in [0, 0.1) is 6.92 Å². The average Bonchev–Trinajstić information content (AvgIpc) is 2.58. The minimum absolute atomic E-state index is 0.0749. The number of aryl methyl sites for hydroxylation is 2. The van der Waals surface area contributed by atoms with Crippen molar-refractivity contribution in [1.29, 1.82) is 0 Å². The van der Waals surface area contributed by atoms with Gasteiger partial charge in [0.25, 0.3) is 5.91 Å². The second-order valence-electron chi connectivity index (χ2n) is 7.92. The summed E-state index contributed by atoms with van der Waals surface area (Å²) in [6.45, 7) is 11.1. The number of benzene rings is 2. The van der Waals surface area contributed by atoms with Crippen molar-refractivity contribution in [3.05, 3.63) is 65.2 Å². The average molecular weight is 354 g/mol. The molecule has 0 saturated heterocycles.